The molecule has 12 heavy (non-hydrogen) atoms. The van der Waals surface area contributed by atoms with Crippen LogP contribution in [0.25, 0.3) is 0 Å². The zero-order valence-corrected chi connectivity index (χ0v) is 9.97. The van der Waals surface area contributed by atoms with Crippen molar-refractivity contribution >= 4 is 15.9 Å². The molecule has 1 saturated heterocycles. The third kappa shape index (κ3) is 3.06. The molecule has 2 heteroatoms. The van der Waals surface area contributed by atoms with E-state index in [0.29, 0.717) is 0 Å². The number of rotatable bonds is 2. The number of hydrogen-bond donors (Lipinski definition) is 0. The van der Waals surface area contributed by atoms with E-state index in [4.69, 9.17) is 0 Å². The Balaban J connectivity index is 2.30. The van der Waals surface area contributed by atoms with Crippen molar-refractivity contribution in [3.63, 3.8) is 0 Å². The first-order valence-corrected chi connectivity index (χ1v) is 5.87. The highest BCUT2D eigenvalue weighted by molar-refractivity contribution is 9.09. The molecule has 0 aliphatic carbocycles. The van der Waals surface area contributed by atoms with Crippen molar-refractivity contribution in [2.45, 2.75) is 32.0 Å². The molecular weight excluding hydrogens is 214 g/mol. The van der Waals surface area contributed by atoms with Crippen molar-refractivity contribution in [1.29, 1.82) is 0 Å². The summed E-state index contributed by atoms with van der Waals surface area (Å²) < 4.78 is 0. The standard InChI is InChI=1S/C10H20BrN/c1-8(2)6-12-5-4-10(11)9(3)7-12/h8-10H,4-7H2,1-3H3. The molecule has 1 heterocycles. The lowest BCUT2D eigenvalue weighted by atomic mass is 9.99. The molecule has 0 bridgehead atoms. The molecule has 2 unspecified atom stereocenters. The fourth-order valence-electron chi connectivity index (χ4n) is 1.89. The van der Waals surface area contributed by atoms with Gasteiger partial charge in [0, 0.05) is 17.9 Å². The van der Waals surface area contributed by atoms with Gasteiger partial charge >= 0.3 is 0 Å². The highest BCUT2D eigenvalue weighted by Crippen LogP contribution is 2.23. The monoisotopic (exact) mass is 233 g/mol. The Morgan fingerprint density at radius 2 is 2.17 bits per heavy atom. The minimum Gasteiger partial charge on any atom is -0.303 e. The minimum absolute atomic E-state index is 0.751. The summed E-state index contributed by atoms with van der Waals surface area (Å²) in [6.45, 7) is 10.7. The van der Waals surface area contributed by atoms with E-state index in [1.165, 1.54) is 26.1 Å². The van der Waals surface area contributed by atoms with Crippen LogP contribution in [0, 0.1) is 11.8 Å². The molecule has 0 aromatic rings. The maximum atomic E-state index is 3.72. The van der Waals surface area contributed by atoms with E-state index in [2.05, 4.69) is 41.6 Å². The van der Waals surface area contributed by atoms with E-state index in [9.17, 15) is 0 Å². The van der Waals surface area contributed by atoms with E-state index in [0.717, 1.165) is 16.7 Å². The Morgan fingerprint density at radius 3 is 2.67 bits per heavy atom. The predicted octanol–water partition coefficient (Wildman–Crippen LogP) is 2.75. The molecule has 1 nitrogen and oxygen atoms in total. The van der Waals surface area contributed by atoms with Gasteiger partial charge in [-0.15, -0.1) is 0 Å². The van der Waals surface area contributed by atoms with Gasteiger partial charge in [0.1, 0.15) is 0 Å². The minimum atomic E-state index is 0.751. The maximum Gasteiger partial charge on any atom is 0.0195 e. The summed E-state index contributed by atoms with van der Waals surface area (Å²) in [5, 5.41) is 0. The second-order valence-corrected chi connectivity index (χ2v) is 5.61. The first-order chi connectivity index (χ1) is 5.59. The molecule has 1 rings (SSSR count). The van der Waals surface area contributed by atoms with E-state index >= 15 is 0 Å². The molecule has 0 saturated carbocycles. The van der Waals surface area contributed by atoms with Crippen LogP contribution >= 0.6 is 15.9 Å². The van der Waals surface area contributed by atoms with Crippen molar-refractivity contribution in [3.8, 4) is 0 Å². The van der Waals surface area contributed by atoms with Crippen molar-refractivity contribution < 1.29 is 0 Å². The smallest absolute Gasteiger partial charge is 0.0195 e. The predicted molar refractivity (Wildman–Crippen MR) is 57.8 cm³/mol. The van der Waals surface area contributed by atoms with Gasteiger partial charge < -0.3 is 4.90 Å². The van der Waals surface area contributed by atoms with Gasteiger partial charge in [0.05, 0.1) is 0 Å². The Hall–Kier alpha value is 0.440. The van der Waals surface area contributed by atoms with Gasteiger partial charge in [-0.3, -0.25) is 0 Å². The zero-order valence-electron chi connectivity index (χ0n) is 8.39. The second-order valence-electron chi connectivity index (χ2n) is 4.44. The molecule has 2 atom stereocenters. The zero-order chi connectivity index (χ0) is 9.14. The van der Waals surface area contributed by atoms with Crippen LogP contribution in [0.5, 0.6) is 0 Å². The molecule has 1 aliphatic rings. The highest BCUT2D eigenvalue weighted by Gasteiger charge is 2.23. The fourth-order valence-corrected chi connectivity index (χ4v) is 2.26. The lowest BCUT2D eigenvalue weighted by Crippen LogP contribution is -2.41. The average Bonchev–Trinajstić information content (AvgIpc) is 1.96. The van der Waals surface area contributed by atoms with Crippen molar-refractivity contribution in [3.05, 3.63) is 0 Å². The molecule has 0 spiro atoms. The number of piperidine rings is 1. The van der Waals surface area contributed by atoms with Crippen LogP contribution in [0.15, 0.2) is 0 Å². The van der Waals surface area contributed by atoms with Crippen LogP contribution in [0.4, 0.5) is 0 Å². The molecule has 1 aliphatic heterocycles. The van der Waals surface area contributed by atoms with Crippen LogP contribution in [0.1, 0.15) is 27.2 Å². The van der Waals surface area contributed by atoms with Crippen LogP contribution in [-0.4, -0.2) is 29.4 Å². The summed E-state index contributed by atoms with van der Waals surface area (Å²) in [4.78, 5) is 3.34. The average molecular weight is 234 g/mol. The topological polar surface area (TPSA) is 3.24 Å². The summed E-state index contributed by atoms with van der Waals surface area (Å²) in [7, 11) is 0. The normalized spacial score (nSPS) is 32.8. The number of alkyl halides is 1. The lowest BCUT2D eigenvalue weighted by molar-refractivity contribution is 0.173. The first-order valence-electron chi connectivity index (χ1n) is 4.96. The third-order valence-corrected chi connectivity index (χ3v) is 3.87. The van der Waals surface area contributed by atoms with Gasteiger partial charge in [-0.05, 0) is 24.8 Å². The summed E-state index contributed by atoms with van der Waals surface area (Å²) >= 11 is 3.72. The molecule has 0 aromatic carbocycles. The summed E-state index contributed by atoms with van der Waals surface area (Å²) in [5.74, 6) is 1.63. The van der Waals surface area contributed by atoms with E-state index in [1.54, 1.807) is 0 Å². The Kier molecular flexibility index (Phi) is 4.04. The van der Waals surface area contributed by atoms with Gasteiger partial charge in [0.15, 0.2) is 0 Å². The largest absolute Gasteiger partial charge is 0.303 e. The van der Waals surface area contributed by atoms with Gasteiger partial charge in [0.2, 0.25) is 0 Å². The van der Waals surface area contributed by atoms with E-state index in [1.807, 2.05) is 0 Å². The van der Waals surface area contributed by atoms with E-state index < -0.39 is 0 Å². The van der Waals surface area contributed by atoms with Crippen LogP contribution in [-0.2, 0) is 0 Å². The summed E-state index contributed by atoms with van der Waals surface area (Å²) in [5.41, 5.74) is 0. The summed E-state index contributed by atoms with van der Waals surface area (Å²) in [6, 6.07) is 0. The molecular formula is C10H20BrN. The molecule has 1 fully saturated rings. The number of hydrogen-bond acceptors (Lipinski definition) is 1. The number of nitrogens with zero attached hydrogens (tertiary/aromatic N) is 1. The quantitative estimate of drug-likeness (QED) is 0.664. The fraction of sp³-hybridized carbons (Fsp3) is 1.00. The molecule has 0 N–H and O–H groups in total. The van der Waals surface area contributed by atoms with Gasteiger partial charge in [0.25, 0.3) is 0 Å². The molecule has 0 amide bonds. The van der Waals surface area contributed by atoms with Crippen LogP contribution < -0.4 is 0 Å². The van der Waals surface area contributed by atoms with Crippen LogP contribution in [0.2, 0.25) is 0 Å². The van der Waals surface area contributed by atoms with Crippen molar-refractivity contribution in [2.24, 2.45) is 11.8 Å². The van der Waals surface area contributed by atoms with Gasteiger partial charge in [-0.1, -0.05) is 36.7 Å². The highest BCUT2D eigenvalue weighted by atomic mass is 79.9. The maximum absolute atomic E-state index is 3.72. The first kappa shape index (κ1) is 10.5. The van der Waals surface area contributed by atoms with E-state index in [-0.39, 0.29) is 0 Å². The van der Waals surface area contributed by atoms with Crippen molar-refractivity contribution in [1.82, 2.24) is 4.90 Å². The van der Waals surface area contributed by atoms with Gasteiger partial charge in [-0.2, -0.15) is 0 Å². The third-order valence-electron chi connectivity index (χ3n) is 2.51. The lowest BCUT2D eigenvalue weighted by Gasteiger charge is -2.35. The molecule has 0 radical (unpaired) electrons. The Labute approximate surface area is 84.6 Å². The number of likely N-dealkylation sites (tertiary alicyclic amines) is 1. The SMILES string of the molecule is CC(C)CN1CCC(Br)C(C)C1. The second kappa shape index (κ2) is 4.61. The number of halogens is 1. The van der Waals surface area contributed by atoms with Gasteiger partial charge in [-0.25, -0.2) is 0 Å². The van der Waals surface area contributed by atoms with Crippen molar-refractivity contribution in [2.75, 3.05) is 19.6 Å². The summed E-state index contributed by atoms with van der Waals surface area (Å²) in [6.07, 6.45) is 1.31. The Morgan fingerprint density at radius 1 is 1.50 bits per heavy atom. The molecule has 72 valence electrons. The molecule has 0 aromatic heterocycles. The van der Waals surface area contributed by atoms with Crippen LogP contribution in [0.3, 0.4) is 0 Å². The Bertz CT molecular complexity index is 136.